The summed E-state index contributed by atoms with van der Waals surface area (Å²) in [5.41, 5.74) is 2.29. The fourth-order valence-corrected chi connectivity index (χ4v) is 4.66. The standard InChI is InChI=1S/C21H30N2O4.CH2O2/c1-25-18-6-2-4-16-7-13-27-21(20(16)18)8-10-23(11-9-21)15-19(24)22-14-17-5-3-12-26-17;2-1-3/h2,4,6,17H,3,5,7-15H2,1H3,(H,22,24);1H,(H,2,3). The van der Waals surface area contributed by atoms with Crippen molar-refractivity contribution < 1.29 is 28.9 Å². The first-order valence-corrected chi connectivity index (χ1v) is 10.6. The molecule has 3 aliphatic heterocycles. The summed E-state index contributed by atoms with van der Waals surface area (Å²) in [5, 5.41) is 9.91. The number of nitrogens with zero attached hydrogens (tertiary/aromatic N) is 1. The zero-order valence-corrected chi connectivity index (χ0v) is 17.6. The average Bonchev–Trinajstić information content (AvgIpc) is 3.28. The van der Waals surface area contributed by atoms with E-state index in [0.29, 0.717) is 13.1 Å². The molecule has 1 amide bonds. The Balaban J connectivity index is 0.000000806. The summed E-state index contributed by atoms with van der Waals surface area (Å²) < 4.78 is 17.5. The van der Waals surface area contributed by atoms with Crippen molar-refractivity contribution in [3.05, 3.63) is 29.3 Å². The van der Waals surface area contributed by atoms with Gasteiger partial charge in [0.25, 0.3) is 6.47 Å². The van der Waals surface area contributed by atoms with Crippen LogP contribution in [0.3, 0.4) is 0 Å². The maximum atomic E-state index is 12.3. The summed E-state index contributed by atoms with van der Waals surface area (Å²) in [5.74, 6) is 1.01. The van der Waals surface area contributed by atoms with Crippen LogP contribution in [0, 0.1) is 0 Å². The van der Waals surface area contributed by atoms with Crippen LogP contribution in [0.5, 0.6) is 5.75 Å². The van der Waals surface area contributed by atoms with Crippen LogP contribution in [0.1, 0.15) is 36.8 Å². The Morgan fingerprint density at radius 1 is 1.37 bits per heavy atom. The van der Waals surface area contributed by atoms with Gasteiger partial charge in [-0.1, -0.05) is 12.1 Å². The third kappa shape index (κ3) is 5.30. The van der Waals surface area contributed by atoms with Gasteiger partial charge in [-0.25, -0.2) is 0 Å². The second-order valence-corrected chi connectivity index (χ2v) is 7.91. The van der Waals surface area contributed by atoms with Crippen LogP contribution >= 0.6 is 0 Å². The SMILES string of the molecule is COc1cccc2c1C1(CCN(CC(=O)NCC3CCCO3)CC1)OCC2.O=CO. The Morgan fingerprint density at radius 2 is 2.13 bits per heavy atom. The Hall–Kier alpha value is -2.16. The zero-order valence-electron chi connectivity index (χ0n) is 17.6. The molecule has 2 fully saturated rings. The fourth-order valence-electron chi connectivity index (χ4n) is 4.66. The highest BCUT2D eigenvalue weighted by molar-refractivity contribution is 5.78. The highest BCUT2D eigenvalue weighted by Crippen LogP contribution is 2.45. The highest BCUT2D eigenvalue weighted by atomic mass is 16.5. The molecular weight excluding hydrogens is 388 g/mol. The van der Waals surface area contributed by atoms with E-state index in [9.17, 15) is 4.79 Å². The number of ether oxygens (including phenoxy) is 3. The van der Waals surface area contributed by atoms with Crippen molar-refractivity contribution >= 4 is 12.4 Å². The molecule has 1 atom stereocenters. The van der Waals surface area contributed by atoms with Crippen LogP contribution in [-0.2, 0) is 31.1 Å². The lowest BCUT2D eigenvalue weighted by molar-refractivity contribution is -0.127. The molecule has 8 heteroatoms. The van der Waals surface area contributed by atoms with Gasteiger partial charge in [0.15, 0.2) is 0 Å². The molecule has 2 N–H and O–H groups in total. The van der Waals surface area contributed by atoms with E-state index in [1.807, 2.05) is 6.07 Å². The van der Waals surface area contributed by atoms with Gasteiger partial charge in [-0.15, -0.1) is 0 Å². The monoisotopic (exact) mass is 420 g/mol. The van der Waals surface area contributed by atoms with Gasteiger partial charge in [0.1, 0.15) is 5.75 Å². The molecule has 0 radical (unpaired) electrons. The van der Waals surface area contributed by atoms with Gasteiger partial charge in [-0.3, -0.25) is 14.5 Å². The van der Waals surface area contributed by atoms with Crippen molar-refractivity contribution in [1.29, 1.82) is 0 Å². The van der Waals surface area contributed by atoms with Crippen molar-refractivity contribution in [3.8, 4) is 5.75 Å². The number of hydrogen-bond acceptors (Lipinski definition) is 6. The molecule has 3 aliphatic rings. The van der Waals surface area contributed by atoms with Crippen LogP contribution in [0.4, 0.5) is 0 Å². The van der Waals surface area contributed by atoms with Crippen molar-refractivity contribution in [2.24, 2.45) is 0 Å². The molecule has 0 bridgehead atoms. The summed E-state index contributed by atoms with van der Waals surface area (Å²) in [6.45, 7) is 4.10. The topological polar surface area (TPSA) is 97.3 Å². The van der Waals surface area contributed by atoms with E-state index in [-0.39, 0.29) is 24.1 Å². The lowest BCUT2D eigenvalue weighted by Gasteiger charge is -2.45. The van der Waals surface area contributed by atoms with E-state index in [1.54, 1.807) is 7.11 Å². The number of amides is 1. The van der Waals surface area contributed by atoms with Crippen LogP contribution in [0.15, 0.2) is 18.2 Å². The molecule has 30 heavy (non-hydrogen) atoms. The van der Waals surface area contributed by atoms with E-state index in [4.69, 9.17) is 24.1 Å². The van der Waals surface area contributed by atoms with E-state index < -0.39 is 0 Å². The van der Waals surface area contributed by atoms with Gasteiger partial charge in [-0.2, -0.15) is 0 Å². The van der Waals surface area contributed by atoms with E-state index >= 15 is 0 Å². The zero-order chi connectivity index (χ0) is 21.4. The minimum Gasteiger partial charge on any atom is -0.496 e. The van der Waals surface area contributed by atoms with E-state index in [1.165, 1.54) is 11.1 Å². The van der Waals surface area contributed by atoms with Gasteiger partial charge < -0.3 is 24.6 Å². The number of carbonyl (C=O) groups is 2. The molecule has 1 aromatic rings. The van der Waals surface area contributed by atoms with Gasteiger partial charge in [-0.05, 0) is 43.7 Å². The molecule has 1 spiro atoms. The number of likely N-dealkylation sites (tertiary alicyclic amines) is 1. The second-order valence-electron chi connectivity index (χ2n) is 7.91. The number of methoxy groups -OCH3 is 1. The van der Waals surface area contributed by atoms with Gasteiger partial charge in [0.2, 0.25) is 5.91 Å². The first-order valence-electron chi connectivity index (χ1n) is 10.6. The number of carbonyl (C=O) groups excluding carboxylic acids is 1. The fraction of sp³-hybridized carbons (Fsp3) is 0.636. The lowest BCUT2D eigenvalue weighted by atomic mass is 9.79. The quantitative estimate of drug-likeness (QED) is 0.698. The maximum absolute atomic E-state index is 12.3. The Bertz CT molecular complexity index is 697. The summed E-state index contributed by atoms with van der Waals surface area (Å²) in [7, 11) is 1.73. The summed E-state index contributed by atoms with van der Waals surface area (Å²) in [6, 6.07) is 6.28. The maximum Gasteiger partial charge on any atom is 0.290 e. The highest BCUT2D eigenvalue weighted by Gasteiger charge is 2.43. The predicted octanol–water partition coefficient (Wildman–Crippen LogP) is 1.56. The van der Waals surface area contributed by atoms with Crippen LogP contribution in [0.2, 0.25) is 0 Å². The van der Waals surface area contributed by atoms with E-state index in [0.717, 1.165) is 64.2 Å². The molecule has 1 unspecified atom stereocenters. The van der Waals surface area contributed by atoms with Crippen LogP contribution in [-0.4, -0.2) is 75.0 Å². The van der Waals surface area contributed by atoms with Crippen LogP contribution < -0.4 is 10.1 Å². The number of nitrogens with one attached hydrogen (secondary N) is 1. The minimum atomic E-state index is -0.273. The normalized spacial score (nSPS) is 22.5. The largest absolute Gasteiger partial charge is 0.496 e. The van der Waals surface area contributed by atoms with Crippen molar-refractivity contribution in [3.63, 3.8) is 0 Å². The smallest absolute Gasteiger partial charge is 0.290 e. The molecule has 8 nitrogen and oxygen atoms in total. The lowest BCUT2D eigenvalue weighted by Crippen LogP contribution is -2.49. The number of benzene rings is 1. The molecular formula is C22H32N2O6. The average molecular weight is 421 g/mol. The first kappa shape index (κ1) is 22.5. The Kier molecular flexibility index (Phi) is 8.07. The molecule has 0 aliphatic carbocycles. The third-order valence-electron chi connectivity index (χ3n) is 6.12. The molecule has 4 rings (SSSR count). The second kappa shape index (κ2) is 10.7. The molecule has 1 aromatic carbocycles. The minimum absolute atomic E-state index is 0.0870. The van der Waals surface area contributed by atoms with Gasteiger partial charge in [0, 0.05) is 31.8 Å². The van der Waals surface area contributed by atoms with E-state index in [2.05, 4.69) is 22.3 Å². The predicted molar refractivity (Wildman–Crippen MR) is 111 cm³/mol. The Morgan fingerprint density at radius 3 is 2.80 bits per heavy atom. The number of hydrogen-bond donors (Lipinski definition) is 2. The molecule has 0 saturated carbocycles. The number of rotatable bonds is 5. The molecule has 2 saturated heterocycles. The van der Waals surface area contributed by atoms with Crippen molar-refractivity contribution in [2.75, 3.05) is 46.5 Å². The number of piperidine rings is 1. The van der Waals surface area contributed by atoms with Crippen molar-refractivity contribution in [2.45, 2.75) is 43.8 Å². The Labute approximate surface area is 177 Å². The van der Waals surface area contributed by atoms with Crippen LogP contribution in [0.25, 0.3) is 0 Å². The van der Waals surface area contributed by atoms with Gasteiger partial charge in [0.05, 0.1) is 32.0 Å². The molecule has 3 heterocycles. The summed E-state index contributed by atoms with van der Waals surface area (Å²) in [4.78, 5) is 22.9. The van der Waals surface area contributed by atoms with Gasteiger partial charge >= 0.3 is 0 Å². The number of carboxylic acid groups (broad SMARTS) is 1. The number of fused-ring (bicyclic) bond motifs is 2. The summed E-state index contributed by atoms with van der Waals surface area (Å²) in [6.07, 6.45) is 5.05. The first-order chi connectivity index (χ1) is 14.6. The molecule has 166 valence electrons. The molecule has 0 aromatic heterocycles. The summed E-state index contributed by atoms with van der Waals surface area (Å²) >= 11 is 0. The van der Waals surface area contributed by atoms with Crippen molar-refractivity contribution in [1.82, 2.24) is 10.2 Å². The third-order valence-corrected chi connectivity index (χ3v) is 6.12.